The van der Waals surface area contributed by atoms with E-state index in [0.29, 0.717) is 0 Å². The van der Waals surface area contributed by atoms with Gasteiger partial charge in [-0.05, 0) is 41.3 Å². The second kappa shape index (κ2) is 2.81. The van der Waals surface area contributed by atoms with Crippen molar-refractivity contribution in [3.63, 3.8) is 0 Å². The predicted octanol–water partition coefficient (Wildman–Crippen LogP) is 0.811. The average molecular weight is 146 g/mol. The Labute approximate surface area is 59.6 Å². The van der Waals surface area contributed by atoms with Crippen molar-refractivity contribution in [3.05, 3.63) is 0 Å². The lowest BCUT2D eigenvalue weighted by Crippen LogP contribution is -2.55. The summed E-state index contributed by atoms with van der Waals surface area (Å²) >= 11 is 0. The molecule has 2 nitrogen and oxygen atoms in total. The van der Waals surface area contributed by atoms with Crippen molar-refractivity contribution in [2.75, 3.05) is 28.2 Å². The number of hydrogen-bond donors (Lipinski definition) is 0. The van der Waals surface area contributed by atoms with Crippen LogP contribution in [0.3, 0.4) is 0 Å². The van der Waals surface area contributed by atoms with Crippen molar-refractivity contribution in [2.45, 2.75) is 13.1 Å². The number of hydrogen-bond acceptors (Lipinski definition) is 2. The normalized spacial score (nSPS) is 13.3. The molecule has 0 N–H and O–H groups in total. The minimum absolute atomic E-state index is 1.19. The lowest BCUT2D eigenvalue weighted by atomic mass is 11.2. The molecule has 0 aromatic carbocycles. The van der Waals surface area contributed by atoms with Crippen molar-refractivity contribution in [1.29, 1.82) is 0 Å². The summed E-state index contributed by atoms with van der Waals surface area (Å²) in [5, 5.41) is 0. The molecular formula is C6H18N2Si. The standard InChI is InChI=1S/C6H18N2Si/c1-7(2)9(5,6)8(3)4/h1-6H3. The van der Waals surface area contributed by atoms with E-state index < -0.39 is 8.40 Å². The van der Waals surface area contributed by atoms with Crippen LogP contribution in [0.4, 0.5) is 0 Å². The molecule has 0 atom stereocenters. The van der Waals surface area contributed by atoms with E-state index in [9.17, 15) is 0 Å². The van der Waals surface area contributed by atoms with Gasteiger partial charge in [-0.15, -0.1) is 0 Å². The molecule has 0 saturated heterocycles. The monoisotopic (exact) mass is 146 g/mol. The largest absolute Gasteiger partial charge is 0.317 e. The third kappa shape index (κ3) is 2.08. The maximum absolute atomic E-state index is 2.33. The SMILES string of the molecule is CN(C)[Si](C)(C)N(C)C. The summed E-state index contributed by atoms with van der Waals surface area (Å²) in [6, 6.07) is 0. The van der Waals surface area contributed by atoms with E-state index in [2.05, 4.69) is 50.4 Å². The fourth-order valence-corrected chi connectivity index (χ4v) is 1.20. The summed E-state index contributed by atoms with van der Waals surface area (Å²) in [4.78, 5) is 0. The predicted molar refractivity (Wildman–Crippen MR) is 44.9 cm³/mol. The van der Waals surface area contributed by atoms with Gasteiger partial charge >= 0.3 is 0 Å². The quantitative estimate of drug-likeness (QED) is 0.532. The molecule has 0 radical (unpaired) electrons. The summed E-state index contributed by atoms with van der Waals surface area (Å²) in [6.07, 6.45) is 0. The van der Waals surface area contributed by atoms with Gasteiger partial charge in [-0.25, -0.2) is 0 Å². The van der Waals surface area contributed by atoms with E-state index in [1.165, 1.54) is 0 Å². The van der Waals surface area contributed by atoms with Crippen LogP contribution in [-0.2, 0) is 0 Å². The van der Waals surface area contributed by atoms with Crippen LogP contribution in [0.25, 0.3) is 0 Å². The molecule has 0 spiro atoms. The van der Waals surface area contributed by atoms with Gasteiger partial charge in [0, 0.05) is 0 Å². The smallest absolute Gasteiger partial charge is 0.199 e. The fraction of sp³-hybridized carbons (Fsp3) is 1.00. The van der Waals surface area contributed by atoms with E-state index in [1.807, 2.05) is 0 Å². The van der Waals surface area contributed by atoms with E-state index in [-0.39, 0.29) is 0 Å². The molecule has 3 heteroatoms. The molecule has 0 bridgehead atoms. The summed E-state index contributed by atoms with van der Waals surface area (Å²) in [5.74, 6) is 0. The zero-order valence-corrected chi connectivity index (χ0v) is 8.39. The summed E-state index contributed by atoms with van der Waals surface area (Å²) < 4.78 is 4.65. The second-order valence-corrected chi connectivity index (χ2v) is 8.06. The first-order valence-electron chi connectivity index (χ1n) is 3.24. The first-order chi connectivity index (χ1) is 3.89. The molecule has 0 heterocycles. The van der Waals surface area contributed by atoms with Crippen LogP contribution in [-0.4, -0.2) is 45.7 Å². The molecule has 0 aromatic heterocycles. The van der Waals surface area contributed by atoms with Crippen molar-refractivity contribution < 1.29 is 0 Å². The molecule has 56 valence electrons. The van der Waals surface area contributed by atoms with Crippen LogP contribution in [0.15, 0.2) is 0 Å². The summed E-state index contributed by atoms with van der Waals surface area (Å²) in [5.41, 5.74) is 0. The molecule has 0 aliphatic rings. The highest BCUT2D eigenvalue weighted by Gasteiger charge is 2.26. The molecule has 0 saturated carbocycles. The molecule has 0 fully saturated rings. The van der Waals surface area contributed by atoms with Gasteiger partial charge in [0.2, 0.25) is 0 Å². The Morgan fingerprint density at radius 2 is 1.00 bits per heavy atom. The van der Waals surface area contributed by atoms with Gasteiger partial charge in [-0.1, -0.05) is 0 Å². The molecule has 0 aliphatic heterocycles. The highest BCUT2D eigenvalue weighted by atomic mass is 28.3. The number of nitrogens with zero attached hydrogens (tertiary/aromatic N) is 2. The molecule has 0 unspecified atom stereocenters. The highest BCUT2D eigenvalue weighted by molar-refractivity contribution is 6.71. The third-order valence-electron chi connectivity index (χ3n) is 2.19. The Kier molecular flexibility index (Phi) is 2.86. The van der Waals surface area contributed by atoms with Crippen LogP contribution in [0, 0.1) is 0 Å². The highest BCUT2D eigenvalue weighted by Crippen LogP contribution is 2.06. The zero-order valence-electron chi connectivity index (χ0n) is 7.39. The first kappa shape index (κ1) is 9.14. The van der Waals surface area contributed by atoms with Gasteiger partial charge in [0.05, 0.1) is 0 Å². The maximum Gasteiger partial charge on any atom is 0.199 e. The molecule has 0 amide bonds. The minimum Gasteiger partial charge on any atom is -0.317 e. The van der Waals surface area contributed by atoms with E-state index in [0.717, 1.165) is 0 Å². The van der Waals surface area contributed by atoms with Gasteiger partial charge in [-0.3, -0.25) is 0 Å². The second-order valence-electron chi connectivity index (χ2n) is 3.28. The van der Waals surface area contributed by atoms with Crippen LogP contribution in [0.1, 0.15) is 0 Å². The van der Waals surface area contributed by atoms with Crippen LogP contribution < -0.4 is 0 Å². The van der Waals surface area contributed by atoms with Crippen molar-refractivity contribution in [2.24, 2.45) is 0 Å². The Hall–Kier alpha value is 0.137. The topological polar surface area (TPSA) is 6.48 Å². The van der Waals surface area contributed by atoms with E-state index in [4.69, 9.17) is 0 Å². The summed E-state index contributed by atoms with van der Waals surface area (Å²) in [6.45, 7) is 4.65. The van der Waals surface area contributed by atoms with Crippen molar-refractivity contribution in [3.8, 4) is 0 Å². The lowest BCUT2D eigenvalue weighted by molar-refractivity contribution is 0.495. The van der Waals surface area contributed by atoms with Gasteiger partial charge in [-0.2, -0.15) is 0 Å². The van der Waals surface area contributed by atoms with Crippen LogP contribution in [0.5, 0.6) is 0 Å². The number of rotatable bonds is 2. The molecular weight excluding hydrogens is 128 g/mol. The fourth-order valence-electron chi connectivity index (χ4n) is 0.400. The molecule has 0 aliphatic carbocycles. The summed E-state index contributed by atoms with van der Waals surface area (Å²) in [7, 11) is 7.39. The average Bonchev–Trinajstić information content (AvgIpc) is 1.65. The van der Waals surface area contributed by atoms with Gasteiger partial charge in [0.15, 0.2) is 8.40 Å². The Bertz CT molecular complexity index is 79.1. The first-order valence-corrected chi connectivity index (χ1v) is 6.13. The lowest BCUT2D eigenvalue weighted by Gasteiger charge is -2.35. The van der Waals surface area contributed by atoms with Crippen LogP contribution >= 0.6 is 0 Å². The van der Waals surface area contributed by atoms with Gasteiger partial charge < -0.3 is 9.13 Å². The van der Waals surface area contributed by atoms with E-state index in [1.54, 1.807) is 0 Å². The third-order valence-corrected chi connectivity index (χ3v) is 6.57. The molecule has 9 heavy (non-hydrogen) atoms. The minimum atomic E-state index is -1.19. The van der Waals surface area contributed by atoms with Crippen molar-refractivity contribution in [1.82, 2.24) is 9.13 Å². The molecule has 0 rings (SSSR count). The van der Waals surface area contributed by atoms with Gasteiger partial charge in [0.25, 0.3) is 0 Å². The van der Waals surface area contributed by atoms with Crippen LogP contribution in [0.2, 0.25) is 13.1 Å². The maximum atomic E-state index is 2.33. The van der Waals surface area contributed by atoms with E-state index >= 15 is 0 Å². The molecule has 0 aromatic rings. The zero-order chi connectivity index (χ0) is 7.65. The Morgan fingerprint density at radius 3 is 1.00 bits per heavy atom. The Morgan fingerprint density at radius 1 is 0.778 bits per heavy atom. The van der Waals surface area contributed by atoms with Crippen molar-refractivity contribution >= 4 is 8.40 Å². The van der Waals surface area contributed by atoms with Gasteiger partial charge in [0.1, 0.15) is 0 Å². The Balaban J connectivity index is 4.01.